The number of hydrogen-bond acceptors (Lipinski definition) is 4. The monoisotopic (exact) mass is 279 g/mol. The molecule has 0 spiro atoms. The highest BCUT2D eigenvalue weighted by molar-refractivity contribution is 7.99. The lowest BCUT2D eigenvalue weighted by Crippen LogP contribution is -2.38. The summed E-state index contributed by atoms with van der Waals surface area (Å²) in [5, 5.41) is 6.92. The maximum absolute atomic E-state index is 12.2. The number of hydrogen-bond donors (Lipinski definition) is 2. The van der Waals surface area contributed by atoms with E-state index in [0.29, 0.717) is 11.6 Å². The smallest absolute Gasteiger partial charge is 0.255 e. The summed E-state index contributed by atoms with van der Waals surface area (Å²) in [6.07, 6.45) is 10.0. The maximum Gasteiger partial charge on any atom is 0.255 e. The van der Waals surface area contributed by atoms with Crippen molar-refractivity contribution in [3.63, 3.8) is 0 Å². The lowest BCUT2D eigenvalue weighted by atomic mass is 9.94. The van der Waals surface area contributed by atoms with Crippen LogP contribution in [0.2, 0.25) is 0 Å². The second-order valence-electron chi connectivity index (χ2n) is 4.85. The van der Waals surface area contributed by atoms with Gasteiger partial charge in [-0.2, -0.15) is 11.8 Å². The molecule has 1 aromatic heterocycles. The molecule has 2 rings (SSSR count). The quantitative estimate of drug-likeness (QED) is 0.889. The van der Waals surface area contributed by atoms with Crippen LogP contribution in [-0.2, 0) is 0 Å². The van der Waals surface area contributed by atoms with Crippen molar-refractivity contribution in [2.75, 3.05) is 18.6 Å². The van der Waals surface area contributed by atoms with Gasteiger partial charge in [-0.1, -0.05) is 0 Å². The first kappa shape index (κ1) is 14.2. The number of aromatic nitrogens is 1. The normalized spacial score (nSPS) is 22.8. The summed E-state index contributed by atoms with van der Waals surface area (Å²) in [7, 11) is 1.82. The molecule has 1 saturated carbocycles. The van der Waals surface area contributed by atoms with E-state index in [1.54, 1.807) is 12.4 Å². The van der Waals surface area contributed by atoms with Gasteiger partial charge in [-0.05, 0) is 38.0 Å². The van der Waals surface area contributed by atoms with Gasteiger partial charge in [0, 0.05) is 36.4 Å². The molecule has 0 bridgehead atoms. The van der Waals surface area contributed by atoms with Crippen molar-refractivity contribution in [2.45, 2.75) is 37.0 Å². The zero-order valence-electron chi connectivity index (χ0n) is 11.5. The zero-order chi connectivity index (χ0) is 13.7. The molecule has 19 heavy (non-hydrogen) atoms. The molecule has 104 valence electrons. The topological polar surface area (TPSA) is 54.0 Å². The number of nitrogens with one attached hydrogen (secondary N) is 2. The molecule has 2 N–H and O–H groups in total. The molecule has 1 aliphatic rings. The van der Waals surface area contributed by atoms with Crippen molar-refractivity contribution in [1.82, 2.24) is 10.3 Å². The highest BCUT2D eigenvalue weighted by atomic mass is 32.2. The number of carbonyl (C=O) groups excluding carboxylic acids is 1. The van der Waals surface area contributed by atoms with Crippen molar-refractivity contribution in [3.05, 3.63) is 24.0 Å². The van der Waals surface area contributed by atoms with E-state index in [2.05, 4.69) is 21.9 Å². The third-order valence-electron chi connectivity index (χ3n) is 3.68. The highest BCUT2D eigenvalue weighted by Crippen LogP contribution is 2.27. The minimum Gasteiger partial charge on any atom is -0.387 e. The number of nitrogens with zero attached hydrogens (tertiary/aromatic N) is 1. The Balaban J connectivity index is 1.94. The van der Waals surface area contributed by atoms with E-state index in [1.807, 2.05) is 24.9 Å². The van der Waals surface area contributed by atoms with E-state index in [0.717, 1.165) is 23.8 Å². The predicted molar refractivity (Wildman–Crippen MR) is 80.8 cm³/mol. The second kappa shape index (κ2) is 6.80. The minimum absolute atomic E-state index is 0.0231. The van der Waals surface area contributed by atoms with Crippen LogP contribution in [0, 0.1) is 0 Å². The Bertz CT molecular complexity index is 430. The van der Waals surface area contributed by atoms with Crippen molar-refractivity contribution < 1.29 is 4.79 Å². The molecule has 1 amide bonds. The number of amides is 1. The van der Waals surface area contributed by atoms with Crippen LogP contribution in [-0.4, -0.2) is 35.5 Å². The van der Waals surface area contributed by atoms with Crippen LogP contribution < -0.4 is 10.6 Å². The molecule has 5 heteroatoms. The Kier molecular flexibility index (Phi) is 5.07. The zero-order valence-corrected chi connectivity index (χ0v) is 12.3. The van der Waals surface area contributed by atoms with E-state index >= 15 is 0 Å². The molecule has 0 unspecified atom stereocenters. The SMILES string of the molecule is CNc1ccncc1C(=O)NC1CCC(SC)CC1. The van der Waals surface area contributed by atoms with Crippen molar-refractivity contribution in [1.29, 1.82) is 0 Å². The summed E-state index contributed by atoms with van der Waals surface area (Å²) < 4.78 is 0. The van der Waals surface area contributed by atoms with Gasteiger partial charge >= 0.3 is 0 Å². The van der Waals surface area contributed by atoms with E-state index in [-0.39, 0.29) is 5.91 Å². The molecule has 0 atom stereocenters. The van der Waals surface area contributed by atoms with Crippen LogP contribution in [0.3, 0.4) is 0 Å². The van der Waals surface area contributed by atoms with Crippen LogP contribution in [0.4, 0.5) is 5.69 Å². The Morgan fingerprint density at radius 2 is 2.11 bits per heavy atom. The van der Waals surface area contributed by atoms with Gasteiger partial charge in [0.25, 0.3) is 5.91 Å². The maximum atomic E-state index is 12.2. The first-order chi connectivity index (χ1) is 9.24. The van der Waals surface area contributed by atoms with Gasteiger partial charge in [0.15, 0.2) is 0 Å². The van der Waals surface area contributed by atoms with Crippen molar-refractivity contribution in [3.8, 4) is 0 Å². The van der Waals surface area contributed by atoms with Gasteiger partial charge in [-0.3, -0.25) is 9.78 Å². The molecular formula is C14H21N3OS. The number of pyridine rings is 1. The van der Waals surface area contributed by atoms with E-state index < -0.39 is 0 Å². The van der Waals surface area contributed by atoms with Crippen LogP contribution in [0.25, 0.3) is 0 Å². The summed E-state index contributed by atoms with van der Waals surface area (Å²) in [5.41, 5.74) is 1.45. The lowest BCUT2D eigenvalue weighted by molar-refractivity contribution is 0.0928. The standard InChI is InChI=1S/C14H21N3OS/c1-15-13-7-8-16-9-12(13)14(18)17-10-3-5-11(19-2)6-4-10/h7-11H,3-6H2,1-2H3,(H,15,16)(H,17,18). The number of carbonyl (C=O) groups is 1. The Labute approximate surface area is 118 Å². The number of rotatable bonds is 4. The first-order valence-electron chi connectivity index (χ1n) is 6.70. The first-order valence-corrected chi connectivity index (χ1v) is 7.98. The van der Waals surface area contributed by atoms with E-state index in [9.17, 15) is 4.79 Å². The van der Waals surface area contributed by atoms with Gasteiger partial charge in [0.1, 0.15) is 0 Å². The molecule has 1 aromatic rings. The van der Waals surface area contributed by atoms with Crippen LogP contribution in [0.15, 0.2) is 18.5 Å². The predicted octanol–water partition coefficient (Wildman–Crippen LogP) is 2.53. The summed E-state index contributed by atoms with van der Waals surface area (Å²) >= 11 is 1.94. The summed E-state index contributed by atoms with van der Waals surface area (Å²) in [4.78, 5) is 16.3. The van der Waals surface area contributed by atoms with E-state index in [1.165, 1.54) is 12.8 Å². The number of thioether (sulfide) groups is 1. The van der Waals surface area contributed by atoms with E-state index in [4.69, 9.17) is 0 Å². The largest absolute Gasteiger partial charge is 0.387 e. The summed E-state index contributed by atoms with van der Waals surface area (Å²) in [6, 6.07) is 2.13. The molecule has 1 aliphatic carbocycles. The number of anilines is 1. The Hall–Kier alpha value is -1.23. The third kappa shape index (κ3) is 3.62. The fourth-order valence-electron chi connectivity index (χ4n) is 2.50. The minimum atomic E-state index is -0.0231. The van der Waals surface area contributed by atoms with Gasteiger partial charge in [-0.25, -0.2) is 0 Å². The molecular weight excluding hydrogens is 258 g/mol. The van der Waals surface area contributed by atoms with Gasteiger partial charge < -0.3 is 10.6 Å². The molecule has 1 heterocycles. The molecule has 0 saturated heterocycles. The van der Waals surface area contributed by atoms with Crippen molar-refractivity contribution >= 4 is 23.4 Å². The highest BCUT2D eigenvalue weighted by Gasteiger charge is 2.22. The Morgan fingerprint density at radius 3 is 2.74 bits per heavy atom. The molecule has 1 fully saturated rings. The third-order valence-corrected chi connectivity index (χ3v) is 4.82. The van der Waals surface area contributed by atoms with Gasteiger partial charge in [0.2, 0.25) is 0 Å². The van der Waals surface area contributed by atoms with Gasteiger partial charge in [-0.15, -0.1) is 0 Å². The molecule has 0 aromatic carbocycles. The molecule has 0 aliphatic heterocycles. The van der Waals surface area contributed by atoms with Crippen LogP contribution >= 0.6 is 11.8 Å². The summed E-state index contributed by atoms with van der Waals surface area (Å²) in [6.45, 7) is 0. The fraction of sp³-hybridized carbons (Fsp3) is 0.571. The molecule has 4 nitrogen and oxygen atoms in total. The average molecular weight is 279 g/mol. The Morgan fingerprint density at radius 1 is 1.37 bits per heavy atom. The second-order valence-corrected chi connectivity index (χ2v) is 5.99. The lowest BCUT2D eigenvalue weighted by Gasteiger charge is -2.28. The van der Waals surface area contributed by atoms with Gasteiger partial charge in [0.05, 0.1) is 5.56 Å². The average Bonchev–Trinajstić information content (AvgIpc) is 2.48. The fourth-order valence-corrected chi connectivity index (χ4v) is 3.24. The molecule has 0 radical (unpaired) electrons. The van der Waals surface area contributed by atoms with Crippen LogP contribution in [0.1, 0.15) is 36.0 Å². The van der Waals surface area contributed by atoms with Crippen LogP contribution in [0.5, 0.6) is 0 Å². The summed E-state index contributed by atoms with van der Waals surface area (Å²) in [5.74, 6) is -0.0231. The van der Waals surface area contributed by atoms with Crippen molar-refractivity contribution in [2.24, 2.45) is 0 Å².